The number of aromatic nitrogens is 2. The molecule has 0 saturated carbocycles. The molecule has 104 valence electrons. The Morgan fingerprint density at radius 2 is 2.25 bits per heavy atom. The second-order valence-corrected chi connectivity index (χ2v) is 3.92. The van der Waals surface area contributed by atoms with Crippen molar-refractivity contribution in [2.45, 2.75) is 6.54 Å². The smallest absolute Gasteiger partial charge is 0.352 e. The van der Waals surface area contributed by atoms with E-state index in [1.54, 1.807) is 7.11 Å². The summed E-state index contributed by atoms with van der Waals surface area (Å²) in [5.41, 5.74) is 6.06. The van der Waals surface area contributed by atoms with Crippen molar-refractivity contribution in [3.63, 3.8) is 0 Å². The van der Waals surface area contributed by atoms with Gasteiger partial charge in [-0.25, -0.2) is 9.97 Å². The van der Waals surface area contributed by atoms with Gasteiger partial charge in [-0.1, -0.05) is 12.1 Å². The molecule has 2 aromatic rings. The zero-order valence-electron chi connectivity index (χ0n) is 10.7. The van der Waals surface area contributed by atoms with E-state index < -0.39 is 4.92 Å². The molecule has 20 heavy (non-hydrogen) atoms. The monoisotopic (exact) mass is 275 g/mol. The lowest BCUT2D eigenvalue weighted by Crippen LogP contribution is -2.08. The first kappa shape index (κ1) is 13.5. The number of nitrogen functional groups attached to an aromatic ring is 1. The van der Waals surface area contributed by atoms with Gasteiger partial charge in [-0.2, -0.15) is 0 Å². The first-order chi connectivity index (χ1) is 9.61. The van der Waals surface area contributed by atoms with E-state index in [0.717, 1.165) is 5.56 Å². The standard InChI is InChI=1S/C12H13N5O3/c1-20-9-4-2-3-8(5-9)6-14-12-10(17(18)19)11(13)15-7-16-12/h2-5,7H,6H2,1H3,(H3,13,14,15,16). The third-order valence-corrected chi connectivity index (χ3v) is 2.63. The third-order valence-electron chi connectivity index (χ3n) is 2.63. The number of nitrogens with zero attached hydrogens (tertiary/aromatic N) is 3. The van der Waals surface area contributed by atoms with E-state index in [0.29, 0.717) is 12.3 Å². The van der Waals surface area contributed by atoms with Gasteiger partial charge in [0.15, 0.2) is 0 Å². The number of anilines is 2. The number of hydrogen-bond acceptors (Lipinski definition) is 7. The number of methoxy groups -OCH3 is 1. The van der Waals surface area contributed by atoms with Crippen LogP contribution in [-0.4, -0.2) is 22.0 Å². The molecule has 0 amide bonds. The van der Waals surface area contributed by atoms with Crippen molar-refractivity contribution in [1.82, 2.24) is 9.97 Å². The summed E-state index contributed by atoms with van der Waals surface area (Å²) in [7, 11) is 1.57. The molecule has 1 heterocycles. The topological polar surface area (TPSA) is 116 Å². The minimum atomic E-state index is -0.608. The van der Waals surface area contributed by atoms with Gasteiger partial charge in [0.05, 0.1) is 12.0 Å². The van der Waals surface area contributed by atoms with Crippen LogP contribution in [0.1, 0.15) is 5.56 Å². The lowest BCUT2D eigenvalue weighted by atomic mass is 10.2. The average molecular weight is 275 g/mol. The van der Waals surface area contributed by atoms with Gasteiger partial charge in [-0.3, -0.25) is 10.1 Å². The number of rotatable bonds is 5. The molecule has 0 aliphatic rings. The molecule has 2 rings (SSSR count). The summed E-state index contributed by atoms with van der Waals surface area (Å²) in [5, 5.41) is 13.8. The largest absolute Gasteiger partial charge is 0.497 e. The number of nitro groups is 1. The molecule has 3 N–H and O–H groups in total. The molecule has 0 aliphatic carbocycles. The Bertz CT molecular complexity index is 632. The van der Waals surface area contributed by atoms with Crippen LogP contribution in [0.15, 0.2) is 30.6 Å². The number of nitrogens with one attached hydrogen (secondary N) is 1. The van der Waals surface area contributed by atoms with Crippen LogP contribution in [0.25, 0.3) is 0 Å². The average Bonchev–Trinajstić information content (AvgIpc) is 2.45. The molecule has 0 unspecified atom stereocenters. The molecule has 0 spiro atoms. The Morgan fingerprint density at radius 1 is 1.45 bits per heavy atom. The van der Waals surface area contributed by atoms with Crippen LogP contribution in [0.4, 0.5) is 17.3 Å². The quantitative estimate of drug-likeness (QED) is 0.628. The molecule has 0 fully saturated rings. The highest BCUT2D eigenvalue weighted by Gasteiger charge is 2.20. The van der Waals surface area contributed by atoms with E-state index in [1.165, 1.54) is 6.33 Å². The molecular formula is C12H13N5O3. The third kappa shape index (κ3) is 2.91. The fourth-order valence-corrected chi connectivity index (χ4v) is 1.67. The van der Waals surface area contributed by atoms with Gasteiger partial charge in [0.1, 0.15) is 12.1 Å². The fourth-order valence-electron chi connectivity index (χ4n) is 1.67. The highest BCUT2D eigenvalue weighted by molar-refractivity contribution is 5.67. The molecule has 0 bridgehead atoms. The van der Waals surface area contributed by atoms with Crippen LogP contribution in [0.5, 0.6) is 5.75 Å². The Morgan fingerprint density at radius 3 is 2.95 bits per heavy atom. The molecule has 8 nitrogen and oxygen atoms in total. The summed E-state index contributed by atoms with van der Waals surface area (Å²) in [6.45, 7) is 0.356. The second kappa shape index (κ2) is 5.83. The first-order valence-corrected chi connectivity index (χ1v) is 5.73. The predicted octanol–water partition coefficient (Wildman–Crippen LogP) is 1.59. The summed E-state index contributed by atoms with van der Waals surface area (Å²) in [6.07, 6.45) is 1.18. The maximum atomic E-state index is 10.9. The summed E-state index contributed by atoms with van der Waals surface area (Å²) in [5.74, 6) is 0.629. The molecule has 0 saturated heterocycles. The van der Waals surface area contributed by atoms with Crippen LogP contribution in [0, 0.1) is 10.1 Å². The Hall–Kier alpha value is -2.90. The SMILES string of the molecule is COc1cccc(CNc2ncnc(N)c2[N+](=O)[O-])c1. The Labute approximate surface area is 114 Å². The van der Waals surface area contributed by atoms with Gasteiger partial charge < -0.3 is 15.8 Å². The van der Waals surface area contributed by atoms with Gasteiger partial charge >= 0.3 is 5.69 Å². The number of hydrogen-bond donors (Lipinski definition) is 2. The number of ether oxygens (including phenoxy) is 1. The summed E-state index contributed by atoms with van der Waals surface area (Å²) in [4.78, 5) is 17.8. The van der Waals surface area contributed by atoms with Crippen molar-refractivity contribution in [3.8, 4) is 5.75 Å². The predicted molar refractivity (Wildman–Crippen MR) is 73.4 cm³/mol. The van der Waals surface area contributed by atoms with Crippen molar-refractivity contribution < 1.29 is 9.66 Å². The summed E-state index contributed by atoms with van der Waals surface area (Å²) >= 11 is 0. The molecule has 0 radical (unpaired) electrons. The lowest BCUT2D eigenvalue weighted by molar-refractivity contribution is -0.383. The van der Waals surface area contributed by atoms with Crippen molar-refractivity contribution in [3.05, 3.63) is 46.3 Å². The van der Waals surface area contributed by atoms with Crippen LogP contribution in [0.2, 0.25) is 0 Å². The van der Waals surface area contributed by atoms with Crippen LogP contribution in [0.3, 0.4) is 0 Å². The maximum Gasteiger partial charge on any atom is 0.352 e. The van der Waals surface area contributed by atoms with E-state index in [1.807, 2.05) is 24.3 Å². The van der Waals surface area contributed by atoms with Gasteiger partial charge in [0.25, 0.3) is 0 Å². The van der Waals surface area contributed by atoms with E-state index in [2.05, 4.69) is 15.3 Å². The van der Waals surface area contributed by atoms with Crippen LogP contribution >= 0.6 is 0 Å². The molecule has 1 aromatic carbocycles. The highest BCUT2D eigenvalue weighted by atomic mass is 16.6. The molecule has 0 atom stereocenters. The lowest BCUT2D eigenvalue weighted by Gasteiger charge is -2.08. The summed E-state index contributed by atoms with van der Waals surface area (Å²) in [6, 6.07) is 7.34. The fraction of sp³-hybridized carbons (Fsp3) is 0.167. The van der Waals surface area contributed by atoms with Crippen LogP contribution < -0.4 is 15.8 Å². The zero-order valence-corrected chi connectivity index (χ0v) is 10.7. The second-order valence-electron chi connectivity index (χ2n) is 3.92. The zero-order chi connectivity index (χ0) is 14.5. The van der Waals surface area contributed by atoms with E-state index in [-0.39, 0.29) is 17.3 Å². The molecule has 8 heteroatoms. The maximum absolute atomic E-state index is 10.9. The van der Waals surface area contributed by atoms with E-state index in [4.69, 9.17) is 10.5 Å². The normalized spacial score (nSPS) is 10.1. The minimum absolute atomic E-state index is 0.0883. The van der Waals surface area contributed by atoms with Gasteiger partial charge in [0, 0.05) is 6.54 Å². The molecule has 1 aromatic heterocycles. The van der Waals surface area contributed by atoms with Gasteiger partial charge in [-0.15, -0.1) is 0 Å². The van der Waals surface area contributed by atoms with Crippen molar-refractivity contribution in [2.75, 3.05) is 18.2 Å². The van der Waals surface area contributed by atoms with Gasteiger partial charge in [-0.05, 0) is 17.7 Å². The van der Waals surface area contributed by atoms with Crippen molar-refractivity contribution >= 4 is 17.3 Å². The Kier molecular flexibility index (Phi) is 3.94. The van der Waals surface area contributed by atoms with E-state index in [9.17, 15) is 10.1 Å². The molecular weight excluding hydrogens is 262 g/mol. The van der Waals surface area contributed by atoms with Crippen molar-refractivity contribution in [1.29, 1.82) is 0 Å². The van der Waals surface area contributed by atoms with E-state index >= 15 is 0 Å². The molecule has 0 aliphatic heterocycles. The summed E-state index contributed by atoms with van der Waals surface area (Å²) < 4.78 is 5.11. The Balaban J connectivity index is 2.18. The van der Waals surface area contributed by atoms with Crippen molar-refractivity contribution in [2.24, 2.45) is 0 Å². The minimum Gasteiger partial charge on any atom is -0.497 e. The first-order valence-electron chi connectivity index (χ1n) is 5.73. The number of benzene rings is 1. The van der Waals surface area contributed by atoms with Gasteiger partial charge in [0.2, 0.25) is 11.6 Å². The van der Waals surface area contributed by atoms with Crippen LogP contribution in [-0.2, 0) is 6.54 Å². The number of nitrogens with two attached hydrogens (primary N) is 1. The highest BCUT2D eigenvalue weighted by Crippen LogP contribution is 2.26.